The lowest BCUT2D eigenvalue weighted by Gasteiger charge is -2.11. The quantitative estimate of drug-likeness (QED) is 0.293. The van der Waals surface area contributed by atoms with Crippen LogP contribution in [0.2, 0.25) is 0 Å². The third kappa shape index (κ3) is 6.30. The van der Waals surface area contributed by atoms with E-state index in [4.69, 9.17) is 9.47 Å². The van der Waals surface area contributed by atoms with Crippen LogP contribution in [-0.2, 0) is 4.79 Å². The number of nitro benzene ring substituents is 1. The molecule has 0 atom stereocenters. The van der Waals surface area contributed by atoms with E-state index >= 15 is 0 Å². The van der Waals surface area contributed by atoms with E-state index in [0.717, 1.165) is 11.1 Å². The zero-order valence-electron chi connectivity index (χ0n) is 17.6. The van der Waals surface area contributed by atoms with E-state index in [-0.39, 0.29) is 18.2 Å². The predicted octanol–water partition coefficient (Wildman–Crippen LogP) is 4.38. The average molecular weight is 434 g/mol. The Morgan fingerprint density at radius 2 is 1.72 bits per heavy atom. The summed E-state index contributed by atoms with van der Waals surface area (Å²) in [5.41, 5.74) is 5.95. The monoisotopic (exact) mass is 434 g/mol. The fraction of sp³-hybridized carbons (Fsp3) is 0.130. The number of benzene rings is 3. The van der Waals surface area contributed by atoms with Gasteiger partial charge in [0, 0.05) is 17.8 Å². The summed E-state index contributed by atoms with van der Waals surface area (Å²) in [6.45, 7) is 1.81. The molecule has 0 heterocycles. The number of hydrogen-bond donors (Lipinski definition) is 2. The molecule has 0 saturated heterocycles. The lowest BCUT2D eigenvalue weighted by molar-refractivity contribution is -0.384. The van der Waals surface area contributed by atoms with Crippen molar-refractivity contribution in [3.05, 3.63) is 88.0 Å². The second-order valence-corrected chi connectivity index (χ2v) is 6.79. The van der Waals surface area contributed by atoms with Crippen molar-refractivity contribution in [3.63, 3.8) is 0 Å². The number of aryl methyl sites for hydroxylation is 1. The van der Waals surface area contributed by atoms with Crippen LogP contribution >= 0.6 is 0 Å². The van der Waals surface area contributed by atoms with Crippen molar-refractivity contribution < 1.29 is 19.2 Å². The first-order chi connectivity index (χ1) is 15.4. The topological polar surface area (TPSA) is 115 Å². The number of nitrogens with zero attached hydrogens (tertiary/aromatic N) is 2. The maximum absolute atomic E-state index is 12.1. The number of amides is 1. The van der Waals surface area contributed by atoms with Crippen LogP contribution in [0.4, 0.5) is 17.1 Å². The molecule has 0 saturated carbocycles. The lowest BCUT2D eigenvalue weighted by atomic mass is 10.2. The molecular formula is C23H22N4O5. The van der Waals surface area contributed by atoms with Gasteiger partial charge in [0.2, 0.25) is 0 Å². The summed E-state index contributed by atoms with van der Waals surface area (Å²) in [5, 5.41) is 17.6. The van der Waals surface area contributed by atoms with Crippen molar-refractivity contribution in [2.75, 3.05) is 24.5 Å². The van der Waals surface area contributed by atoms with Gasteiger partial charge in [-0.15, -0.1) is 0 Å². The molecule has 164 valence electrons. The number of hydrazone groups is 1. The van der Waals surface area contributed by atoms with E-state index in [1.807, 2.05) is 31.2 Å². The largest absolute Gasteiger partial charge is 0.493 e. The summed E-state index contributed by atoms with van der Waals surface area (Å²) in [7, 11) is 1.50. The maximum atomic E-state index is 12.1. The molecule has 0 bridgehead atoms. The molecule has 0 radical (unpaired) electrons. The van der Waals surface area contributed by atoms with Crippen LogP contribution in [0.5, 0.6) is 11.5 Å². The van der Waals surface area contributed by atoms with Gasteiger partial charge in [0.05, 0.1) is 23.9 Å². The highest BCUT2D eigenvalue weighted by Crippen LogP contribution is 2.27. The van der Waals surface area contributed by atoms with Gasteiger partial charge < -0.3 is 14.8 Å². The van der Waals surface area contributed by atoms with Gasteiger partial charge in [-0.2, -0.15) is 5.10 Å². The Morgan fingerprint density at radius 1 is 1.03 bits per heavy atom. The number of hydrogen-bond acceptors (Lipinski definition) is 7. The number of nitro groups is 1. The Bertz CT molecular complexity index is 1110. The number of rotatable bonds is 9. The minimum absolute atomic E-state index is 0.00685. The first-order valence-corrected chi connectivity index (χ1v) is 9.65. The number of anilines is 2. The minimum Gasteiger partial charge on any atom is -0.493 e. The fourth-order valence-electron chi connectivity index (χ4n) is 2.70. The zero-order valence-corrected chi connectivity index (χ0v) is 17.6. The predicted molar refractivity (Wildman–Crippen MR) is 123 cm³/mol. The van der Waals surface area contributed by atoms with E-state index in [9.17, 15) is 14.9 Å². The van der Waals surface area contributed by atoms with Crippen molar-refractivity contribution in [1.82, 2.24) is 0 Å². The van der Waals surface area contributed by atoms with Gasteiger partial charge in [-0.05, 0) is 55.0 Å². The van der Waals surface area contributed by atoms with Gasteiger partial charge in [-0.1, -0.05) is 17.7 Å². The molecule has 9 heteroatoms. The third-order valence-corrected chi connectivity index (χ3v) is 4.37. The molecule has 0 unspecified atom stereocenters. The number of carbonyl (C=O) groups excluding carboxylic acids is 1. The molecule has 2 N–H and O–H groups in total. The van der Waals surface area contributed by atoms with Crippen molar-refractivity contribution >= 4 is 29.2 Å². The molecule has 0 fully saturated rings. The van der Waals surface area contributed by atoms with Crippen LogP contribution in [-0.4, -0.2) is 30.8 Å². The van der Waals surface area contributed by atoms with Crippen molar-refractivity contribution in [2.24, 2.45) is 5.10 Å². The number of non-ortho nitro benzene ring substituents is 1. The standard InChI is InChI=1S/C23H22N4O5/c1-16-3-6-18(7-4-16)25-23(28)15-32-21-12-5-17(13-22(21)31-2)14-24-26-19-8-10-20(11-9-19)27(29)30/h3-14,26H,15H2,1-2H3,(H,25,28)/b24-14-. The molecule has 0 aliphatic heterocycles. The molecule has 0 spiro atoms. The number of methoxy groups -OCH3 is 1. The SMILES string of the molecule is COc1cc(/C=N\Nc2ccc([N+](=O)[O-])cc2)ccc1OCC(=O)Nc1ccc(C)cc1. The molecule has 0 aliphatic rings. The van der Waals surface area contributed by atoms with Gasteiger partial charge >= 0.3 is 0 Å². The first kappa shape index (κ1) is 22.3. The highest BCUT2D eigenvalue weighted by molar-refractivity contribution is 5.92. The fourth-order valence-corrected chi connectivity index (χ4v) is 2.70. The van der Waals surface area contributed by atoms with Crippen LogP contribution < -0.4 is 20.2 Å². The Hall–Kier alpha value is -4.40. The normalized spacial score (nSPS) is 10.6. The van der Waals surface area contributed by atoms with E-state index in [0.29, 0.717) is 22.9 Å². The zero-order chi connectivity index (χ0) is 22.9. The summed E-state index contributed by atoms with van der Waals surface area (Å²) in [6.07, 6.45) is 1.57. The minimum atomic E-state index is -0.463. The van der Waals surface area contributed by atoms with Crippen LogP contribution in [0.3, 0.4) is 0 Å². The summed E-state index contributed by atoms with van der Waals surface area (Å²) in [5.74, 6) is 0.591. The van der Waals surface area contributed by atoms with E-state index in [1.165, 1.54) is 19.2 Å². The molecule has 0 aromatic heterocycles. The Balaban J connectivity index is 1.56. The molecule has 3 rings (SSSR count). The first-order valence-electron chi connectivity index (χ1n) is 9.65. The molecule has 1 amide bonds. The van der Waals surface area contributed by atoms with Crippen molar-refractivity contribution in [1.29, 1.82) is 0 Å². The van der Waals surface area contributed by atoms with Crippen LogP contribution in [0.15, 0.2) is 71.8 Å². The third-order valence-electron chi connectivity index (χ3n) is 4.37. The Labute approximate surface area is 184 Å². The number of nitrogens with one attached hydrogen (secondary N) is 2. The van der Waals surface area contributed by atoms with Gasteiger partial charge in [0.1, 0.15) is 0 Å². The molecule has 32 heavy (non-hydrogen) atoms. The van der Waals surface area contributed by atoms with Crippen LogP contribution in [0, 0.1) is 17.0 Å². The highest BCUT2D eigenvalue weighted by Gasteiger charge is 2.09. The van der Waals surface area contributed by atoms with Gasteiger partial charge in [-0.25, -0.2) is 0 Å². The number of ether oxygens (including phenoxy) is 2. The van der Waals surface area contributed by atoms with Gasteiger partial charge in [0.15, 0.2) is 18.1 Å². The maximum Gasteiger partial charge on any atom is 0.269 e. The van der Waals surface area contributed by atoms with E-state index in [2.05, 4.69) is 15.8 Å². The summed E-state index contributed by atoms with van der Waals surface area (Å²) in [4.78, 5) is 22.4. The smallest absolute Gasteiger partial charge is 0.269 e. The van der Waals surface area contributed by atoms with Crippen molar-refractivity contribution in [2.45, 2.75) is 6.92 Å². The van der Waals surface area contributed by atoms with Crippen LogP contribution in [0.25, 0.3) is 0 Å². The summed E-state index contributed by atoms with van der Waals surface area (Å²) < 4.78 is 10.9. The Kier molecular flexibility index (Phi) is 7.37. The second kappa shape index (κ2) is 10.6. The van der Waals surface area contributed by atoms with Crippen molar-refractivity contribution in [3.8, 4) is 11.5 Å². The van der Waals surface area contributed by atoms with E-state index in [1.54, 1.807) is 36.5 Å². The number of carbonyl (C=O) groups is 1. The summed E-state index contributed by atoms with van der Waals surface area (Å²) in [6, 6.07) is 18.6. The molecule has 3 aromatic carbocycles. The van der Waals surface area contributed by atoms with Gasteiger partial charge in [0.25, 0.3) is 11.6 Å². The van der Waals surface area contributed by atoms with Gasteiger partial charge in [-0.3, -0.25) is 20.3 Å². The lowest BCUT2D eigenvalue weighted by Crippen LogP contribution is -2.20. The molecule has 0 aliphatic carbocycles. The average Bonchev–Trinajstić information content (AvgIpc) is 2.80. The summed E-state index contributed by atoms with van der Waals surface area (Å²) >= 11 is 0. The van der Waals surface area contributed by atoms with Crippen LogP contribution in [0.1, 0.15) is 11.1 Å². The van der Waals surface area contributed by atoms with E-state index < -0.39 is 4.92 Å². The molecule has 3 aromatic rings. The molecule has 9 nitrogen and oxygen atoms in total. The Morgan fingerprint density at radius 3 is 2.38 bits per heavy atom. The highest BCUT2D eigenvalue weighted by atomic mass is 16.6. The second-order valence-electron chi connectivity index (χ2n) is 6.79. The molecular weight excluding hydrogens is 412 g/mol.